The third-order valence-corrected chi connectivity index (χ3v) is 4.23. The molecule has 1 saturated carbocycles. The monoisotopic (exact) mass is 304 g/mol. The van der Waals surface area contributed by atoms with Gasteiger partial charge in [-0.3, -0.25) is 4.98 Å². The predicted octanol–water partition coefficient (Wildman–Crippen LogP) is 3.95. The van der Waals surface area contributed by atoms with E-state index in [0.29, 0.717) is 11.1 Å². The number of hydrogen-bond donors (Lipinski definition) is 1. The molecule has 0 amide bonds. The van der Waals surface area contributed by atoms with E-state index in [1.807, 2.05) is 18.2 Å². The first-order chi connectivity index (χ1) is 10.2. The van der Waals surface area contributed by atoms with Crippen LogP contribution in [-0.4, -0.2) is 17.6 Å². The molecule has 1 N–H and O–H groups in total. The number of aromatic nitrogens is 1. The normalized spacial score (nSPS) is 15.9. The Morgan fingerprint density at radius 3 is 2.67 bits per heavy atom. The Labute approximate surface area is 129 Å². The summed E-state index contributed by atoms with van der Waals surface area (Å²) in [5.41, 5.74) is 2.22. The van der Waals surface area contributed by atoms with Crippen molar-refractivity contribution in [3.05, 3.63) is 64.7 Å². The van der Waals surface area contributed by atoms with Gasteiger partial charge in [0.1, 0.15) is 5.82 Å². The molecular weight excluding hydrogens is 287 g/mol. The number of rotatable bonds is 6. The molecule has 21 heavy (non-hydrogen) atoms. The lowest BCUT2D eigenvalue weighted by Crippen LogP contribution is -2.25. The average Bonchev–Trinajstić information content (AvgIpc) is 3.31. The van der Waals surface area contributed by atoms with E-state index in [1.54, 1.807) is 12.4 Å². The van der Waals surface area contributed by atoms with Gasteiger partial charge >= 0.3 is 0 Å². The summed E-state index contributed by atoms with van der Waals surface area (Å²) in [7, 11) is 0. The molecule has 0 spiro atoms. The van der Waals surface area contributed by atoms with Crippen molar-refractivity contribution in [3.63, 3.8) is 0 Å². The lowest BCUT2D eigenvalue weighted by Gasteiger charge is -2.19. The molecule has 0 aliphatic heterocycles. The van der Waals surface area contributed by atoms with E-state index in [0.717, 1.165) is 24.1 Å². The molecule has 1 heterocycles. The van der Waals surface area contributed by atoms with Gasteiger partial charge in [-0.2, -0.15) is 0 Å². The molecule has 4 heteroatoms. The fraction of sp³-hybridized carbons (Fsp3) is 0.353. The predicted molar refractivity (Wildman–Crippen MR) is 83.1 cm³/mol. The minimum atomic E-state index is -0.199. The van der Waals surface area contributed by atoms with Crippen molar-refractivity contribution >= 4 is 11.6 Å². The third kappa shape index (κ3) is 4.02. The van der Waals surface area contributed by atoms with Gasteiger partial charge in [-0.1, -0.05) is 23.7 Å². The Morgan fingerprint density at radius 2 is 2.00 bits per heavy atom. The van der Waals surface area contributed by atoms with Crippen LogP contribution in [0.1, 0.15) is 29.9 Å². The van der Waals surface area contributed by atoms with Crippen LogP contribution in [0.15, 0.2) is 42.7 Å². The molecule has 3 rings (SSSR count). The molecule has 2 aromatic rings. The minimum absolute atomic E-state index is 0.199. The number of nitrogens with one attached hydrogen (secondary N) is 1. The molecule has 110 valence electrons. The van der Waals surface area contributed by atoms with Crippen LogP contribution in [0.5, 0.6) is 0 Å². The van der Waals surface area contributed by atoms with Crippen LogP contribution in [0.2, 0.25) is 5.02 Å². The maximum Gasteiger partial charge on any atom is 0.123 e. The number of nitrogens with zero attached hydrogens (tertiary/aromatic N) is 1. The Kier molecular flexibility index (Phi) is 4.51. The molecule has 1 aliphatic carbocycles. The van der Waals surface area contributed by atoms with Crippen LogP contribution >= 0.6 is 11.6 Å². The van der Waals surface area contributed by atoms with Crippen molar-refractivity contribution in [2.24, 2.45) is 0 Å². The molecule has 1 aromatic heterocycles. The Hall–Kier alpha value is -1.45. The van der Waals surface area contributed by atoms with Crippen LogP contribution in [-0.2, 0) is 6.42 Å². The Morgan fingerprint density at radius 1 is 1.24 bits per heavy atom. The highest BCUT2D eigenvalue weighted by Gasteiger charge is 2.23. The van der Waals surface area contributed by atoms with E-state index in [4.69, 9.17) is 11.6 Å². The summed E-state index contributed by atoms with van der Waals surface area (Å²) in [6.45, 7) is 0.884. The van der Waals surface area contributed by atoms with E-state index < -0.39 is 0 Å². The largest absolute Gasteiger partial charge is 0.313 e. The van der Waals surface area contributed by atoms with Gasteiger partial charge in [0.15, 0.2) is 0 Å². The molecule has 1 aliphatic rings. The topological polar surface area (TPSA) is 24.9 Å². The van der Waals surface area contributed by atoms with Gasteiger partial charge in [-0.25, -0.2) is 4.39 Å². The van der Waals surface area contributed by atoms with Crippen LogP contribution < -0.4 is 5.32 Å². The summed E-state index contributed by atoms with van der Waals surface area (Å²) in [6, 6.07) is 9.38. The maximum absolute atomic E-state index is 13.1. The molecular formula is C17H18ClFN2. The van der Waals surface area contributed by atoms with Gasteiger partial charge in [-0.05, 0) is 48.6 Å². The molecule has 1 unspecified atom stereocenters. The van der Waals surface area contributed by atoms with Crippen molar-refractivity contribution in [1.29, 1.82) is 0 Å². The summed E-state index contributed by atoms with van der Waals surface area (Å²) in [4.78, 5) is 4.02. The van der Waals surface area contributed by atoms with Crippen molar-refractivity contribution in [2.75, 3.05) is 6.54 Å². The van der Waals surface area contributed by atoms with Gasteiger partial charge in [0, 0.05) is 30.9 Å². The fourth-order valence-electron chi connectivity index (χ4n) is 2.47. The van der Waals surface area contributed by atoms with E-state index >= 15 is 0 Å². The Balaban J connectivity index is 1.77. The molecule has 1 atom stereocenters. The molecule has 1 fully saturated rings. The minimum Gasteiger partial charge on any atom is -0.313 e. The number of hydrogen-bond acceptors (Lipinski definition) is 2. The standard InChI is InChI=1S/C17H18ClFN2/c18-17-11-20-8-7-13(17)9-14(10-21-16-5-6-16)12-1-3-15(19)4-2-12/h1-4,7-8,11,14,16,21H,5-6,9-10H2. The smallest absolute Gasteiger partial charge is 0.123 e. The first-order valence-electron chi connectivity index (χ1n) is 7.29. The second-order valence-electron chi connectivity index (χ2n) is 5.60. The summed E-state index contributed by atoms with van der Waals surface area (Å²) in [5.74, 6) is 0.0840. The van der Waals surface area contributed by atoms with Gasteiger partial charge in [0.25, 0.3) is 0 Å². The van der Waals surface area contributed by atoms with Crippen LogP contribution in [0, 0.1) is 5.82 Å². The highest BCUT2D eigenvalue weighted by atomic mass is 35.5. The molecule has 1 aromatic carbocycles. The molecule has 0 saturated heterocycles. The Bertz CT molecular complexity index is 596. The SMILES string of the molecule is Fc1ccc(C(CNC2CC2)Cc2ccncc2Cl)cc1. The second kappa shape index (κ2) is 6.54. The van der Waals surface area contributed by atoms with Gasteiger partial charge in [-0.15, -0.1) is 0 Å². The summed E-state index contributed by atoms with van der Waals surface area (Å²) >= 11 is 6.21. The molecule has 2 nitrogen and oxygen atoms in total. The first-order valence-corrected chi connectivity index (χ1v) is 7.67. The van der Waals surface area contributed by atoms with Crippen LogP contribution in [0.25, 0.3) is 0 Å². The average molecular weight is 305 g/mol. The van der Waals surface area contributed by atoms with Crippen molar-refractivity contribution in [2.45, 2.75) is 31.2 Å². The second-order valence-corrected chi connectivity index (χ2v) is 6.01. The number of pyridine rings is 1. The van der Waals surface area contributed by atoms with E-state index in [2.05, 4.69) is 10.3 Å². The zero-order valence-electron chi connectivity index (χ0n) is 11.7. The van der Waals surface area contributed by atoms with E-state index in [-0.39, 0.29) is 11.7 Å². The van der Waals surface area contributed by atoms with Crippen molar-refractivity contribution in [1.82, 2.24) is 10.3 Å². The third-order valence-electron chi connectivity index (χ3n) is 3.89. The number of halogens is 2. The van der Waals surface area contributed by atoms with Crippen molar-refractivity contribution < 1.29 is 4.39 Å². The molecule has 0 bridgehead atoms. The summed E-state index contributed by atoms with van der Waals surface area (Å²) < 4.78 is 13.1. The van der Waals surface area contributed by atoms with Crippen molar-refractivity contribution in [3.8, 4) is 0 Å². The highest BCUT2D eigenvalue weighted by Crippen LogP contribution is 2.26. The zero-order chi connectivity index (χ0) is 14.7. The highest BCUT2D eigenvalue weighted by molar-refractivity contribution is 6.31. The zero-order valence-corrected chi connectivity index (χ0v) is 12.5. The van der Waals surface area contributed by atoms with Crippen LogP contribution in [0.4, 0.5) is 4.39 Å². The molecule has 0 radical (unpaired) electrons. The first kappa shape index (κ1) is 14.5. The fourth-order valence-corrected chi connectivity index (χ4v) is 2.67. The summed E-state index contributed by atoms with van der Waals surface area (Å²) in [6.07, 6.45) is 6.77. The van der Waals surface area contributed by atoms with E-state index in [1.165, 1.54) is 25.0 Å². The van der Waals surface area contributed by atoms with Crippen LogP contribution in [0.3, 0.4) is 0 Å². The lowest BCUT2D eigenvalue weighted by atomic mass is 9.92. The number of benzene rings is 1. The lowest BCUT2D eigenvalue weighted by molar-refractivity contribution is 0.574. The quantitative estimate of drug-likeness (QED) is 0.874. The summed E-state index contributed by atoms with van der Waals surface area (Å²) in [5, 5.41) is 4.25. The van der Waals surface area contributed by atoms with Gasteiger partial charge in [0.2, 0.25) is 0 Å². The van der Waals surface area contributed by atoms with E-state index in [9.17, 15) is 4.39 Å². The van der Waals surface area contributed by atoms with Gasteiger partial charge < -0.3 is 5.32 Å². The van der Waals surface area contributed by atoms with Gasteiger partial charge in [0.05, 0.1) is 5.02 Å². The maximum atomic E-state index is 13.1.